The first-order valence-corrected chi connectivity index (χ1v) is 4.79. The van der Waals surface area contributed by atoms with E-state index in [9.17, 15) is 13.2 Å². The highest BCUT2D eigenvalue weighted by atomic mass is 19.2. The van der Waals surface area contributed by atoms with E-state index in [1.54, 1.807) is 10.8 Å². The molecule has 0 radical (unpaired) electrons. The Balaban J connectivity index is 2.57. The molecule has 0 N–H and O–H groups in total. The third-order valence-electron chi connectivity index (χ3n) is 2.30. The molecule has 0 aliphatic heterocycles. The number of benzene rings is 1. The fraction of sp³-hybridized carbons (Fsp3) is 0.182. The van der Waals surface area contributed by atoms with Crippen LogP contribution in [-0.2, 0) is 6.54 Å². The van der Waals surface area contributed by atoms with Crippen molar-refractivity contribution in [2.75, 3.05) is 0 Å². The van der Waals surface area contributed by atoms with Crippen molar-refractivity contribution in [3.05, 3.63) is 42.0 Å². The first-order chi connectivity index (χ1) is 7.63. The molecule has 2 nitrogen and oxygen atoms in total. The Labute approximate surface area is 90.4 Å². The van der Waals surface area contributed by atoms with Crippen LogP contribution >= 0.6 is 0 Å². The van der Waals surface area contributed by atoms with Crippen molar-refractivity contribution >= 4 is 0 Å². The maximum atomic E-state index is 13.0. The molecule has 2 aromatic rings. The number of nitrogens with zero attached hydrogens (tertiary/aromatic N) is 2. The summed E-state index contributed by atoms with van der Waals surface area (Å²) in [6.07, 6.45) is 3.21. The van der Waals surface area contributed by atoms with E-state index in [0.717, 1.165) is 12.1 Å². The zero-order chi connectivity index (χ0) is 11.7. The van der Waals surface area contributed by atoms with Crippen LogP contribution in [0.4, 0.5) is 13.2 Å². The SMILES string of the molecule is CCn1ccnc1-c1cc(F)c(F)c(F)c1. The van der Waals surface area contributed by atoms with Gasteiger partial charge in [-0.25, -0.2) is 18.2 Å². The summed E-state index contributed by atoms with van der Waals surface area (Å²) in [6.45, 7) is 2.50. The predicted molar refractivity (Wildman–Crippen MR) is 53.2 cm³/mol. The van der Waals surface area contributed by atoms with Gasteiger partial charge in [0.25, 0.3) is 0 Å². The molecule has 0 fully saturated rings. The fourth-order valence-corrected chi connectivity index (χ4v) is 1.51. The molecule has 1 aromatic carbocycles. The summed E-state index contributed by atoms with van der Waals surface area (Å²) >= 11 is 0. The topological polar surface area (TPSA) is 17.8 Å². The molecule has 5 heteroatoms. The summed E-state index contributed by atoms with van der Waals surface area (Å²) in [5.41, 5.74) is 0.225. The smallest absolute Gasteiger partial charge is 0.194 e. The van der Waals surface area contributed by atoms with Crippen molar-refractivity contribution in [1.29, 1.82) is 0 Å². The Morgan fingerprint density at radius 3 is 2.38 bits per heavy atom. The van der Waals surface area contributed by atoms with E-state index in [2.05, 4.69) is 4.98 Å². The summed E-state index contributed by atoms with van der Waals surface area (Å²) in [7, 11) is 0. The lowest BCUT2D eigenvalue weighted by Gasteiger charge is -2.05. The molecule has 0 atom stereocenters. The zero-order valence-electron chi connectivity index (χ0n) is 8.54. The average molecular weight is 226 g/mol. The van der Waals surface area contributed by atoms with E-state index in [1.165, 1.54) is 6.20 Å². The number of aromatic nitrogens is 2. The van der Waals surface area contributed by atoms with Gasteiger partial charge in [-0.3, -0.25) is 0 Å². The summed E-state index contributed by atoms with van der Waals surface area (Å²) in [4.78, 5) is 3.98. The van der Waals surface area contributed by atoms with Gasteiger partial charge in [0.1, 0.15) is 5.82 Å². The summed E-state index contributed by atoms with van der Waals surface area (Å²) in [6, 6.07) is 1.87. The van der Waals surface area contributed by atoms with Gasteiger partial charge in [-0.1, -0.05) is 0 Å². The Kier molecular flexibility index (Phi) is 2.68. The van der Waals surface area contributed by atoms with Crippen molar-refractivity contribution in [2.45, 2.75) is 13.5 Å². The van der Waals surface area contributed by atoms with Gasteiger partial charge in [0, 0.05) is 24.5 Å². The normalized spacial score (nSPS) is 10.8. The van der Waals surface area contributed by atoms with Crippen molar-refractivity contribution in [1.82, 2.24) is 9.55 Å². The van der Waals surface area contributed by atoms with Gasteiger partial charge in [-0.05, 0) is 19.1 Å². The molecule has 2 rings (SSSR count). The van der Waals surface area contributed by atoms with Crippen molar-refractivity contribution < 1.29 is 13.2 Å². The van der Waals surface area contributed by atoms with Crippen LogP contribution in [0.2, 0.25) is 0 Å². The van der Waals surface area contributed by atoms with Crippen LogP contribution in [0.1, 0.15) is 6.92 Å². The second kappa shape index (κ2) is 4.00. The van der Waals surface area contributed by atoms with E-state index in [0.29, 0.717) is 12.4 Å². The number of imidazole rings is 1. The molecule has 0 saturated heterocycles. The van der Waals surface area contributed by atoms with Gasteiger partial charge in [-0.2, -0.15) is 0 Å². The van der Waals surface area contributed by atoms with Gasteiger partial charge >= 0.3 is 0 Å². The second-order valence-electron chi connectivity index (χ2n) is 3.29. The third kappa shape index (κ3) is 1.68. The lowest BCUT2D eigenvalue weighted by molar-refractivity contribution is 0.447. The van der Waals surface area contributed by atoms with Crippen LogP contribution in [-0.4, -0.2) is 9.55 Å². The molecule has 0 aliphatic rings. The Morgan fingerprint density at radius 2 is 1.81 bits per heavy atom. The molecule has 16 heavy (non-hydrogen) atoms. The summed E-state index contributed by atoms with van der Waals surface area (Å²) in [5, 5.41) is 0. The van der Waals surface area contributed by atoms with E-state index in [4.69, 9.17) is 0 Å². The van der Waals surface area contributed by atoms with Gasteiger partial charge in [-0.15, -0.1) is 0 Å². The van der Waals surface area contributed by atoms with E-state index in [-0.39, 0.29) is 5.56 Å². The fourth-order valence-electron chi connectivity index (χ4n) is 1.51. The third-order valence-corrected chi connectivity index (χ3v) is 2.30. The van der Waals surface area contributed by atoms with Crippen molar-refractivity contribution in [2.24, 2.45) is 0 Å². The highest BCUT2D eigenvalue weighted by Crippen LogP contribution is 2.22. The average Bonchev–Trinajstić information content (AvgIpc) is 2.73. The molecule has 0 aliphatic carbocycles. The van der Waals surface area contributed by atoms with Crippen LogP contribution in [0.3, 0.4) is 0 Å². The molecule has 84 valence electrons. The molecule has 0 bridgehead atoms. The van der Waals surface area contributed by atoms with Crippen LogP contribution < -0.4 is 0 Å². The number of hydrogen-bond acceptors (Lipinski definition) is 1. The number of aryl methyl sites for hydroxylation is 1. The minimum atomic E-state index is -1.46. The molecule has 0 spiro atoms. The summed E-state index contributed by atoms with van der Waals surface area (Å²) in [5.74, 6) is -3.46. The van der Waals surface area contributed by atoms with E-state index >= 15 is 0 Å². The van der Waals surface area contributed by atoms with Gasteiger partial charge < -0.3 is 4.57 Å². The number of halogens is 3. The van der Waals surface area contributed by atoms with Crippen molar-refractivity contribution in [3.63, 3.8) is 0 Å². The lowest BCUT2D eigenvalue weighted by atomic mass is 10.2. The molecule has 0 saturated carbocycles. The van der Waals surface area contributed by atoms with Crippen LogP contribution in [0.15, 0.2) is 24.5 Å². The lowest BCUT2D eigenvalue weighted by Crippen LogP contribution is -1.98. The monoisotopic (exact) mass is 226 g/mol. The van der Waals surface area contributed by atoms with Crippen LogP contribution in [0, 0.1) is 17.5 Å². The largest absolute Gasteiger partial charge is 0.331 e. The molecule has 1 aromatic heterocycles. The minimum Gasteiger partial charge on any atom is -0.331 e. The minimum absolute atomic E-state index is 0.225. The number of rotatable bonds is 2. The Bertz CT molecular complexity index is 497. The molecular weight excluding hydrogens is 217 g/mol. The number of hydrogen-bond donors (Lipinski definition) is 0. The highest BCUT2D eigenvalue weighted by molar-refractivity contribution is 5.55. The van der Waals surface area contributed by atoms with Crippen LogP contribution in [0.25, 0.3) is 11.4 Å². The van der Waals surface area contributed by atoms with Gasteiger partial charge in [0.05, 0.1) is 0 Å². The molecule has 1 heterocycles. The maximum absolute atomic E-state index is 13.0. The first kappa shape index (κ1) is 10.7. The van der Waals surface area contributed by atoms with Gasteiger partial charge in [0.2, 0.25) is 0 Å². The van der Waals surface area contributed by atoms with Crippen LogP contribution in [0.5, 0.6) is 0 Å². The van der Waals surface area contributed by atoms with Crippen molar-refractivity contribution in [3.8, 4) is 11.4 Å². The highest BCUT2D eigenvalue weighted by Gasteiger charge is 2.13. The van der Waals surface area contributed by atoms with E-state index < -0.39 is 17.5 Å². The standard InChI is InChI=1S/C11H9F3N2/c1-2-16-4-3-15-11(16)7-5-8(12)10(14)9(13)6-7/h3-6H,2H2,1H3. The quantitative estimate of drug-likeness (QED) is 0.720. The Morgan fingerprint density at radius 1 is 1.19 bits per heavy atom. The van der Waals surface area contributed by atoms with E-state index in [1.807, 2.05) is 6.92 Å². The Hall–Kier alpha value is -1.78. The summed E-state index contributed by atoms with van der Waals surface area (Å²) < 4.78 is 40.5. The molecule has 0 unspecified atom stereocenters. The second-order valence-corrected chi connectivity index (χ2v) is 3.29. The molecular formula is C11H9F3N2. The first-order valence-electron chi connectivity index (χ1n) is 4.79. The maximum Gasteiger partial charge on any atom is 0.194 e. The zero-order valence-corrected chi connectivity index (χ0v) is 8.54. The van der Waals surface area contributed by atoms with Gasteiger partial charge in [0.15, 0.2) is 17.5 Å². The predicted octanol–water partition coefficient (Wildman–Crippen LogP) is 2.99. The molecule has 0 amide bonds.